The van der Waals surface area contributed by atoms with E-state index in [1.54, 1.807) is 72.8 Å². The third-order valence-electron chi connectivity index (χ3n) is 6.74. The van der Waals surface area contributed by atoms with E-state index in [1.165, 1.54) is 33.7 Å². The second kappa shape index (κ2) is 15.8. The maximum Gasteiger partial charge on any atom is 0.408 e. The largest absolute Gasteiger partial charge is 0.493 e. The fourth-order valence-corrected chi connectivity index (χ4v) is 4.95. The molecule has 0 aliphatic heterocycles. The summed E-state index contributed by atoms with van der Waals surface area (Å²) < 4.78 is 26.9. The number of amides is 1. The minimum absolute atomic E-state index is 0.146. The topological polar surface area (TPSA) is 122 Å². The molecule has 1 heterocycles. The number of carbonyl (C=O) groups excluding carboxylic acids is 3. The maximum absolute atomic E-state index is 13.4. The number of hydrogen-bond acceptors (Lipinski definition) is 9. The quantitative estimate of drug-likeness (QED) is 0.132. The molecule has 0 saturated heterocycles. The molecule has 10 nitrogen and oxygen atoms in total. The van der Waals surface area contributed by atoms with Gasteiger partial charge in [-0.15, -0.1) is 0 Å². The van der Waals surface area contributed by atoms with Gasteiger partial charge in [0.1, 0.15) is 12.7 Å². The highest BCUT2D eigenvalue weighted by atomic mass is 35.5. The zero-order valence-electron chi connectivity index (χ0n) is 24.6. The molecule has 234 valence electrons. The van der Waals surface area contributed by atoms with Gasteiger partial charge < -0.3 is 29.0 Å². The average Bonchev–Trinajstić information content (AvgIpc) is 3.07. The number of ether oxygens (including phenoxy) is 5. The lowest BCUT2D eigenvalue weighted by Gasteiger charge is -2.21. The molecule has 1 amide bonds. The molecule has 0 saturated carbocycles. The van der Waals surface area contributed by atoms with Crippen molar-refractivity contribution in [2.24, 2.45) is 0 Å². The Bertz CT molecular complexity index is 1630. The lowest BCUT2D eigenvalue weighted by molar-refractivity contribution is -0.143. The zero-order valence-corrected chi connectivity index (χ0v) is 26.1. The predicted molar refractivity (Wildman–Crippen MR) is 167 cm³/mol. The maximum atomic E-state index is 13.4. The fraction of sp³-hybridized carbons (Fsp3) is 0.212. The number of aromatic nitrogens is 1. The summed E-state index contributed by atoms with van der Waals surface area (Å²) in [5.74, 6) is -0.342. The van der Waals surface area contributed by atoms with Crippen LogP contribution in [0.25, 0.3) is 0 Å². The molecule has 2 atom stereocenters. The molecular weight excluding hydrogens is 623 g/mol. The number of pyridine rings is 1. The summed E-state index contributed by atoms with van der Waals surface area (Å²) in [6.45, 7) is -0.184. The summed E-state index contributed by atoms with van der Waals surface area (Å²) in [4.78, 5) is 42.3. The van der Waals surface area contributed by atoms with E-state index in [-0.39, 0.29) is 18.6 Å². The van der Waals surface area contributed by atoms with E-state index < -0.39 is 30.2 Å². The van der Waals surface area contributed by atoms with Crippen LogP contribution in [-0.4, -0.2) is 44.3 Å². The van der Waals surface area contributed by atoms with Crippen molar-refractivity contribution in [3.05, 3.63) is 123 Å². The molecule has 0 spiro atoms. The summed E-state index contributed by atoms with van der Waals surface area (Å²) in [7, 11) is 4.25. The zero-order chi connectivity index (χ0) is 32.3. The first-order chi connectivity index (χ1) is 21.7. The Kier molecular flexibility index (Phi) is 11.6. The first-order valence-corrected chi connectivity index (χ1v) is 14.3. The predicted octanol–water partition coefficient (Wildman–Crippen LogP) is 6.69. The lowest BCUT2D eigenvalue weighted by atomic mass is 10.0. The number of nitrogens with one attached hydrogen (secondary N) is 1. The number of benzene rings is 3. The van der Waals surface area contributed by atoms with Gasteiger partial charge in [-0.05, 0) is 46.5 Å². The smallest absolute Gasteiger partial charge is 0.408 e. The van der Waals surface area contributed by atoms with Gasteiger partial charge in [-0.3, -0.25) is 4.98 Å². The first kappa shape index (κ1) is 33.1. The van der Waals surface area contributed by atoms with Gasteiger partial charge in [-0.25, -0.2) is 14.4 Å². The minimum atomic E-state index is -1.05. The molecule has 4 rings (SSSR count). The van der Waals surface area contributed by atoms with E-state index in [9.17, 15) is 14.4 Å². The van der Waals surface area contributed by atoms with Gasteiger partial charge >= 0.3 is 18.0 Å². The Labute approximate surface area is 270 Å². The molecule has 1 aromatic heterocycles. The van der Waals surface area contributed by atoms with E-state index in [0.29, 0.717) is 43.8 Å². The number of esters is 2. The van der Waals surface area contributed by atoms with Crippen LogP contribution in [0.15, 0.2) is 85.2 Å². The van der Waals surface area contributed by atoms with Crippen molar-refractivity contribution in [2.45, 2.75) is 25.2 Å². The minimum Gasteiger partial charge on any atom is -0.493 e. The molecule has 0 bridgehead atoms. The van der Waals surface area contributed by atoms with Crippen LogP contribution in [0.5, 0.6) is 11.5 Å². The highest BCUT2D eigenvalue weighted by molar-refractivity contribution is 6.35. The molecule has 0 aliphatic rings. The monoisotopic (exact) mass is 652 g/mol. The molecule has 2 unspecified atom stereocenters. The van der Waals surface area contributed by atoms with Crippen LogP contribution < -0.4 is 14.8 Å². The lowest BCUT2D eigenvalue weighted by Crippen LogP contribution is -2.34. The summed E-state index contributed by atoms with van der Waals surface area (Å²) in [5, 5.41) is 3.16. The highest BCUT2D eigenvalue weighted by Crippen LogP contribution is 2.35. The van der Waals surface area contributed by atoms with Gasteiger partial charge in [0.05, 0.1) is 36.9 Å². The van der Waals surface area contributed by atoms with Crippen LogP contribution >= 0.6 is 23.2 Å². The Morgan fingerprint density at radius 3 is 2.20 bits per heavy atom. The number of hydrogen-bond donors (Lipinski definition) is 1. The normalized spacial score (nSPS) is 11.9. The van der Waals surface area contributed by atoms with E-state index in [4.69, 9.17) is 46.9 Å². The third kappa shape index (κ3) is 8.65. The van der Waals surface area contributed by atoms with Crippen molar-refractivity contribution in [2.75, 3.05) is 21.3 Å². The summed E-state index contributed by atoms with van der Waals surface area (Å²) >= 11 is 12.8. The molecule has 45 heavy (non-hydrogen) atoms. The van der Waals surface area contributed by atoms with Crippen LogP contribution in [0.2, 0.25) is 10.0 Å². The molecule has 0 radical (unpaired) electrons. The Balaban J connectivity index is 1.50. The number of nitrogens with zero attached hydrogens (tertiary/aromatic N) is 1. The second-order valence-electron chi connectivity index (χ2n) is 9.58. The van der Waals surface area contributed by atoms with Gasteiger partial charge in [-0.2, -0.15) is 0 Å². The van der Waals surface area contributed by atoms with Crippen molar-refractivity contribution in [1.82, 2.24) is 10.3 Å². The first-order valence-electron chi connectivity index (χ1n) is 13.6. The van der Waals surface area contributed by atoms with Crippen molar-refractivity contribution >= 4 is 41.2 Å². The molecular formula is C33H30Cl2N2O8. The molecule has 4 aromatic rings. The second-order valence-corrected chi connectivity index (χ2v) is 10.4. The standard InChI is InChI=1S/C33H30Cl2N2O8/c1-41-27-13-12-22(15-29(27)42-2)28(16-24-25(34)17-36-18-26(24)35)45-31(38)23-11-7-8-20(14-23)19-44-33(40)37-30(32(39)43-3)21-9-5-4-6-10-21/h4-15,17-18,28,30H,16,19H2,1-3H3,(H,37,40). The van der Waals surface area contributed by atoms with Crippen molar-refractivity contribution in [3.63, 3.8) is 0 Å². The van der Waals surface area contributed by atoms with Crippen LogP contribution in [-0.2, 0) is 32.0 Å². The Morgan fingerprint density at radius 2 is 1.53 bits per heavy atom. The molecule has 0 fully saturated rings. The van der Waals surface area contributed by atoms with Gasteiger partial charge in [0, 0.05) is 18.8 Å². The number of halogens is 2. The van der Waals surface area contributed by atoms with Gasteiger partial charge in [0.25, 0.3) is 0 Å². The average molecular weight is 654 g/mol. The van der Waals surface area contributed by atoms with E-state index in [1.807, 2.05) is 0 Å². The van der Waals surface area contributed by atoms with E-state index >= 15 is 0 Å². The molecule has 1 N–H and O–H groups in total. The van der Waals surface area contributed by atoms with Crippen LogP contribution in [0.4, 0.5) is 4.79 Å². The van der Waals surface area contributed by atoms with Crippen LogP contribution in [0.3, 0.4) is 0 Å². The van der Waals surface area contributed by atoms with Crippen LogP contribution in [0.1, 0.15) is 44.8 Å². The van der Waals surface area contributed by atoms with Crippen molar-refractivity contribution < 1.29 is 38.1 Å². The number of rotatable bonds is 12. The summed E-state index contributed by atoms with van der Waals surface area (Å²) in [6.07, 6.45) is 1.40. The summed E-state index contributed by atoms with van der Waals surface area (Å²) in [5.41, 5.74) is 2.42. The van der Waals surface area contributed by atoms with E-state index in [0.717, 1.165) is 0 Å². The van der Waals surface area contributed by atoms with Gasteiger partial charge in [0.15, 0.2) is 17.5 Å². The summed E-state index contributed by atoms with van der Waals surface area (Å²) in [6, 6.07) is 19.2. The van der Waals surface area contributed by atoms with Crippen molar-refractivity contribution in [3.8, 4) is 11.5 Å². The van der Waals surface area contributed by atoms with Crippen LogP contribution in [0, 0.1) is 0 Å². The number of methoxy groups -OCH3 is 3. The molecule has 0 aliphatic carbocycles. The fourth-order valence-electron chi connectivity index (χ4n) is 4.43. The van der Waals surface area contributed by atoms with Gasteiger partial charge in [0.2, 0.25) is 0 Å². The highest BCUT2D eigenvalue weighted by Gasteiger charge is 2.25. The Morgan fingerprint density at radius 1 is 0.822 bits per heavy atom. The molecule has 12 heteroatoms. The number of carbonyl (C=O) groups is 3. The SMILES string of the molecule is COC(=O)C(NC(=O)OCc1cccc(C(=O)OC(Cc2c(Cl)cncc2Cl)c2ccc(OC)c(OC)c2)c1)c1ccccc1. The number of alkyl carbamates (subject to hydrolysis) is 1. The Hall–Kier alpha value is -4.80. The molecule has 3 aromatic carbocycles. The van der Waals surface area contributed by atoms with Gasteiger partial charge in [-0.1, -0.05) is 71.7 Å². The third-order valence-corrected chi connectivity index (χ3v) is 7.39. The van der Waals surface area contributed by atoms with E-state index in [2.05, 4.69) is 10.3 Å². The van der Waals surface area contributed by atoms with Crippen molar-refractivity contribution in [1.29, 1.82) is 0 Å².